The molecule has 0 saturated carbocycles. The van der Waals surface area contributed by atoms with Crippen LogP contribution < -0.4 is 0 Å². The van der Waals surface area contributed by atoms with Gasteiger partial charge in [0.15, 0.2) is 0 Å². The van der Waals surface area contributed by atoms with Crippen LogP contribution in [0.5, 0.6) is 0 Å². The van der Waals surface area contributed by atoms with E-state index in [2.05, 4.69) is 45.5 Å². The van der Waals surface area contributed by atoms with Crippen molar-refractivity contribution in [3.8, 4) is 12.3 Å². The van der Waals surface area contributed by atoms with E-state index in [0.29, 0.717) is 19.0 Å². The third-order valence-corrected chi connectivity index (χ3v) is 9.30. The molecule has 0 amide bonds. The number of terminal acetylenes is 1. The van der Waals surface area contributed by atoms with Crippen LogP contribution in [0.2, 0.25) is 0 Å². The summed E-state index contributed by atoms with van der Waals surface area (Å²) in [6.07, 6.45) is 8.47. The van der Waals surface area contributed by atoms with Crippen LogP contribution in [0.3, 0.4) is 0 Å². The standard InChI is InChI=1S/C36H45FN4O2/c1-6-25-10-8-11-26(18-25)19-31-21-33(41(7-2)38-31)27-14-16-39(17-15-27)22-29-23-40(34(35(42)43)36(3,4)5)24-32(29)28-12-9-13-30(37)20-28/h1,8-13,18,20-21,27,29,32,34H,7,14-17,19,22-24H2,2-5H3,(H,42,43)/t29-,32+,34-/m0/s1. The van der Waals surface area contributed by atoms with Gasteiger partial charge < -0.3 is 10.0 Å². The molecule has 2 aliphatic heterocycles. The van der Waals surface area contributed by atoms with Crippen molar-refractivity contribution >= 4 is 5.97 Å². The number of benzene rings is 2. The Morgan fingerprint density at radius 2 is 1.86 bits per heavy atom. The second-order valence-corrected chi connectivity index (χ2v) is 13.5. The summed E-state index contributed by atoms with van der Waals surface area (Å²) >= 11 is 0. The molecule has 1 aromatic heterocycles. The van der Waals surface area contributed by atoms with Crippen molar-refractivity contribution in [3.05, 3.63) is 88.5 Å². The number of nitrogens with zero attached hydrogens (tertiary/aromatic N) is 4. The molecular formula is C36H45FN4O2. The number of aliphatic carboxylic acids is 1. The Hall–Kier alpha value is -3.47. The molecule has 1 N–H and O–H groups in total. The lowest BCUT2D eigenvalue weighted by Crippen LogP contribution is -2.48. The highest BCUT2D eigenvalue weighted by atomic mass is 19.1. The summed E-state index contributed by atoms with van der Waals surface area (Å²) in [6, 6.07) is 16.7. The minimum Gasteiger partial charge on any atom is -0.480 e. The third kappa shape index (κ3) is 7.20. The van der Waals surface area contributed by atoms with Gasteiger partial charge >= 0.3 is 5.97 Å². The zero-order valence-electron chi connectivity index (χ0n) is 26.0. The van der Waals surface area contributed by atoms with Crippen LogP contribution in [0.15, 0.2) is 54.6 Å². The van der Waals surface area contributed by atoms with Gasteiger partial charge in [0.1, 0.15) is 11.9 Å². The van der Waals surface area contributed by atoms with Crippen LogP contribution in [-0.4, -0.2) is 69.4 Å². The van der Waals surface area contributed by atoms with Crippen LogP contribution in [0.1, 0.15) is 80.5 Å². The van der Waals surface area contributed by atoms with Crippen LogP contribution in [0, 0.1) is 29.5 Å². The lowest BCUT2D eigenvalue weighted by Gasteiger charge is -2.36. The van der Waals surface area contributed by atoms with Crippen molar-refractivity contribution in [2.24, 2.45) is 11.3 Å². The van der Waals surface area contributed by atoms with Crippen molar-refractivity contribution in [2.75, 3.05) is 32.7 Å². The van der Waals surface area contributed by atoms with Crippen molar-refractivity contribution < 1.29 is 14.3 Å². The van der Waals surface area contributed by atoms with Crippen molar-refractivity contribution in [3.63, 3.8) is 0 Å². The number of carbonyl (C=O) groups is 1. The summed E-state index contributed by atoms with van der Waals surface area (Å²) in [6.45, 7) is 13.1. The van der Waals surface area contributed by atoms with E-state index in [-0.39, 0.29) is 17.7 Å². The molecule has 7 heteroatoms. The SMILES string of the molecule is C#Cc1cccc(Cc2cc(C3CCN(C[C@H]4CN([C@@H](C(=O)O)C(C)(C)C)C[C@@H]4c4cccc(F)c4)CC3)n(CC)n2)c1. The molecule has 0 unspecified atom stereocenters. The number of hydrogen-bond acceptors (Lipinski definition) is 4. The average molecular weight is 585 g/mol. The zero-order valence-corrected chi connectivity index (χ0v) is 26.0. The summed E-state index contributed by atoms with van der Waals surface area (Å²) in [4.78, 5) is 17.0. The summed E-state index contributed by atoms with van der Waals surface area (Å²) in [5.74, 6) is 2.46. The smallest absolute Gasteiger partial charge is 0.321 e. The second kappa shape index (κ2) is 13.0. The monoisotopic (exact) mass is 584 g/mol. The molecule has 43 heavy (non-hydrogen) atoms. The Morgan fingerprint density at radius 3 is 2.51 bits per heavy atom. The lowest BCUT2D eigenvalue weighted by molar-refractivity contribution is -0.147. The van der Waals surface area contributed by atoms with Gasteiger partial charge in [0.2, 0.25) is 0 Å². The fourth-order valence-corrected chi connectivity index (χ4v) is 7.37. The van der Waals surface area contributed by atoms with Gasteiger partial charge in [-0.15, -0.1) is 6.42 Å². The Kier molecular flexibility index (Phi) is 9.39. The summed E-state index contributed by atoms with van der Waals surface area (Å²) in [5, 5.41) is 15.1. The summed E-state index contributed by atoms with van der Waals surface area (Å²) < 4.78 is 16.4. The molecule has 2 aromatic carbocycles. The number of halogens is 1. The van der Waals surface area contributed by atoms with E-state index in [4.69, 9.17) is 11.5 Å². The van der Waals surface area contributed by atoms with Crippen molar-refractivity contribution in [2.45, 2.75) is 71.4 Å². The molecule has 0 bridgehead atoms. The minimum absolute atomic E-state index is 0.0923. The number of aryl methyl sites for hydroxylation is 1. The maximum atomic E-state index is 14.3. The van der Waals surface area contributed by atoms with Gasteiger partial charge in [0.05, 0.1) is 5.69 Å². The number of piperidine rings is 1. The highest BCUT2D eigenvalue weighted by molar-refractivity contribution is 5.74. The molecule has 2 fully saturated rings. The Labute approximate surface area is 255 Å². The van der Waals surface area contributed by atoms with Crippen molar-refractivity contribution in [1.82, 2.24) is 19.6 Å². The molecule has 0 spiro atoms. The lowest BCUT2D eigenvalue weighted by atomic mass is 9.85. The first-order valence-corrected chi connectivity index (χ1v) is 15.6. The number of likely N-dealkylation sites (tertiary alicyclic amines) is 2. The minimum atomic E-state index is -0.789. The molecule has 2 aliphatic rings. The van der Waals surface area contributed by atoms with E-state index in [1.807, 2.05) is 39.0 Å². The molecule has 3 aromatic rings. The normalized spacial score (nSPS) is 21.1. The molecule has 6 nitrogen and oxygen atoms in total. The van der Waals surface area contributed by atoms with Gasteiger partial charge in [0.25, 0.3) is 0 Å². The second-order valence-electron chi connectivity index (χ2n) is 13.5. The van der Waals surface area contributed by atoms with E-state index in [1.165, 1.54) is 17.3 Å². The number of aromatic nitrogens is 2. The van der Waals surface area contributed by atoms with Crippen molar-refractivity contribution in [1.29, 1.82) is 0 Å². The molecule has 3 heterocycles. The number of rotatable bonds is 9. The van der Waals surface area contributed by atoms with E-state index < -0.39 is 17.4 Å². The van der Waals surface area contributed by atoms with Crippen LogP contribution in [-0.2, 0) is 17.8 Å². The number of hydrogen-bond donors (Lipinski definition) is 1. The molecule has 0 aliphatic carbocycles. The maximum absolute atomic E-state index is 14.3. The average Bonchev–Trinajstić information content (AvgIpc) is 3.56. The van der Waals surface area contributed by atoms with E-state index in [0.717, 1.165) is 62.3 Å². The molecular weight excluding hydrogens is 539 g/mol. The number of carboxylic acids is 1. The Balaban J connectivity index is 1.27. The maximum Gasteiger partial charge on any atom is 0.321 e. The van der Waals surface area contributed by atoms with Gasteiger partial charge in [-0.3, -0.25) is 14.4 Å². The zero-order chi connectivity index (χ0) is 30.7. The first-order chi connectivity index (χ1) is 20.5. The van der Waals surface area contributed by atoms with E-state index in [1.54, 1.807) is 12.1 Å². The third-order valence-electron chi connectivity index (χ3n) is 9.30. The van der Waals surface area contributed by atoms with Crippen LogP contribution in [0.4, 0.5) is 4.39 Å². The van der Waals surface area contributed by atoms with Gasteiger partial charge in [-0.25, -0.2) is 4.39 Å². The molecule has 3 atom stereocenters. The number of carboxylic acid groups (broad SMARTS) is 1. The van der Waals surface area contributed by atoms with Gasteiger partial charge in [0, 0.05) is 55.7 Å². The topological polar surface area (TPSA) is 61.6 Å². The van der Waals surface area contributed by atoms with E-state index >= 15 is 0 Å². The fourth-order valence-electron chi connectivity index (χ4n) is 7.37. The largest absolute Gasteiger partial charge is 0.480 e. The predicted molar refractivity (Wildman–Crippen MR) is 169 cm³/mol. The van der Waals surface area contributed by atoms with Crippen LogP contribution >= 0.6 is 0 Å². The first kappa shape index (κ1) is 31.0. The summed E-state index contributed by atoms with van der Waals surface area (Å²) in [7, 11) is 0. The van der Waals surface area contributed by atoms with Gasteiger partial charge in [-0.1, -0.05) is 51.0 Å². The molecule has 228 valence electrons. The Morgan fingerprint density at radius 1 is 1.12 bits per heavy atom. The highest BCUT2D eigenvalue weighted by Gasteiger charge is 2.44. The van der Waals surface area contributed by atoms with Crippen LogP contribution in [0.25, 0.3) is 0 Å². The molecule has 5 rings (SSSR count). The predicted octanol–water partition coefficient (Wildman–Crippen LogP) is 6.01. The molecule has 0 radical (unpaired) electrons. The first-order valence-electron chi connectivity index (χ1n) is 15.6. The fraction of sp³-hybridized carbons (Fsp3) is 0.500. The molecule has 2 saturated heterocycles. The van der Waals surface area contributed by atoms with E-state index in [9.17, 15) is 14.3 Å². The van der Waals surface area contributed by atoms with Gasteiger partial charge in [-0.05, 0) is 85.6 Å². The highest BCUT2D eigenvalue weighted by Crippen LogP contribution is 2.39. The quantitative estimate of drug-likeness (QED) is 0.312. The summed E-state index contributed by atoms with van der Waals surface area (Å²) in [5.41, 5.74) is 5.01. The van der Waals surface area contributed by atoms with Gasteiger partial charge in [-0.2, -0.15) is 5.10 Å². The Bertz CT molecular complexity index is 1460.